The van der Waals surface area contributed by atoms with Gasteiger partial charge in [-0.1, -0.05) is 0 Å². The summed E-state index contributed by atoms with van der Waals surface area (Å²) in [6.07, 6.45) is 0. The fourth-order valence-electron chi connectivity index (χ4n) is 0.941. The van der Waals surface area contributed by atoms with Crippen molar-refractivity contribution in [3.63, 3.8) is 0 Å². The Balaban J connectivity index is 2.94. The SMILES string of the molecule is CCS(=O)(=O)NC(=O)c1ccc(N)c(Br)c1. The van der Waals surface area contributed by atoms with E-state index in [4.69, 9.17) is 5.73 Å². The molecular weight excluding hydrogens is 296 g/mol. The number of hydrogen-bond donors (Lipinski definition) is 2. The average molecular weight is 307 g/mol. The van der Waals surface area contributed by atoms with Crippen LogP contribution in [0.25, 0.3) is 0 Å². The third-order valence-electron chi connectivity index (χ3n) is 1.89. The first kappa shape index (κ1) is 13.0. The molecule has 1 aromatic carbocycles. The molecular formula is C9H11BrN2O3S. The van der Waals surface area contributed by atoms with E-state index in [0.717, 1.165) is 0 Å². The van der Waals surface area contributed by atoms with Crippen molar-refractivity contribution in [3.8, 4) is 0 Å². The summed E-state index contributed by atoms with van der Waals surface area (Å²) < 4.78 is 24.8. The zero-order valence-electron chi connectivity index (χ0n) is 8.53. The molecule has 0 saturated carbocycles. The van der Waals surface area contributed by atoms with Crippen molar-refractivity contribution in [2.45, 2.75) is 6.92 Å². The van der Waals surface area contributed by atoms with Gasteiger partial charge in [-0.25, -0.2) is 13.1 Å². The van der Waals surface area contributed by atoms with Gasteiger partial charge < -0.3 is 5.73 Å². The molecule has 5 nitrogen and oxygen atoms in total. The highest BCUT2D eigenvalue weighted by molar-refractivity contribution is 9.10. The molecule has 7 heteroatoms. The van der Waals surface area contributed by atoms with Gasteiger partial charge in [-0.3, -0.25) is 4.79 Å². The molecule has 3 N–H and O–H groups in total. The minimum atomic E-state index is -3.54. The summed E-state index contributed by atoms with van der Waals surface area (Å²) in [7, 11) is -3.54. The number of halogens is 1. The molecule has 0 saturated heterocycles. The smallest absolute Gasteiger partial charge is 0.264 e. The predicted molar refractivity (Wildman–Crippen MR) is 65.5 cm³/mol. The van der Waals surface area contributed by atoms with E-state index in [9.17, 15) is 13.2 Å². The molecule has 0 aromatic heterocycles. The van der Waals surface area contributed by atoms with Crippen LogP contribution in [0, 0.1) is 0 Å². The van der Waals surface area contributed by atoms with Crippen LogP contribution in [0.15, 0.2) is 22.7 Å². The Bertz CT molecular complexity index is 513. The van der Waals surface area contributed by atoms with E-state index in [1.54, 1.807) is 0 Å². The fraction of sp³-hybridized carbons (Fsp3) is 0.222. The van der Waals surface area contributed by atoms with Gasteiger partial charge >= 0.3 is 0 Å². The summed E-state index contributed by atoms with van der Waals surface area (Å²) in [5.41, 5.74) is 6.26. The lowest BCUT2D eigenvalue weighted by atomic mass is 10.2. The maximum Gasteiger partial charge on any atom is 0.264 e. The van der Waals surface area contributed by atoms with Gasteiger partial charge in [0.05, 0.1) is 5.75 Å². The van der Waals surface area contributed by atoms with E-state index >= 15 is 0 Å². The normalized spacial score (nSPS) is 11.1. The highest BCUT2D eigenvalue weighted by atomic mass is 79.9. The van der Waals surface area contributed by atoms with Crippen LogP contribution in [0.1, 0.15) is 17.3 Å². The van der Waals surface area contributed by atoms with Crippen LogP contribution in [-0.4, -0.2) is 20.1 Å². The number of amides is 1. The van der Waals surface area contributed by atoms with Gasteiger partial charge in [-0.15, -0.1) is 0 Å². The second kappa shape index (κ2) is 4.84. The first-order valence-electron chi connectivity index (χ1n) is 4.45. The Morgan fingerprint density at radius 1 is 1.50 bits per heavy atom. The van der Waals surface area contributed by atoms with Crippen LogP contribution < -0.4 is 10.5 Å². The Hall–Kier alpha value is -1.08. The number of hydrogen-bond acceptors (Lipinski definition) is 4. The molecule has 0 heterocycles. The molecule has 0 atom stereocenters. The van der Waals surface area contributed by atoms with Gasteiger partial charge in [0, 0.05) is 15.7 Å². The van der Waals surface area contributed by atoms with Crippen molar-refractivity contribution < 1.29 is 13.2 Å². The summed E-state index contributed by atoms with van der Waals surface area (Å²) in [5, 5.41) is 0. The highest BCUT2D eigenvalue weighted by Crippen LogP contribution is 2.20. The lowest BCUT2D eigenvalue weighted by Gasteiger charge is -2.05. The number of carbonyl (C=O) groups excluding carboxylic acids is 1. The van der Waals surface area contributed by atoms with E-state index in [1.165, 1.54) is 25.1 Å². The molecule has 0 aliphatic carbocycles. The van der Waals surface area contributed by atoms with Gasteiger partial charge in [-0.2, -0.15) is 0 Å². The third-order valence-corrected chi connectivity index (χ3v) is 3.83. The quantitative estimate of drug-likeness (QED) is 0.819. The van der Waals surface area contributed by atoms with E-state index in [-0.39, 0.29) is 11.3 Å². The summed E-state index contributed by atoms with van der Waals surface area (Å²) in [6, 6.07) is 4.45. The van der Waals surface area contributed by atoms with Gasteiger partial charge in [0.15, 0.2) is 0 Å². The molecule has 0 unspecified atom stereocenters. The predicted octanol–water partition coefficient (Wildman–Crippen LogP) is 1.11. The van der Waals surface area contributed by atoms with Crippen molar-refractivity contribution in [1.29, 1.82) is 0 Å². The molecule has 0 bridgehead atoms. The number of nitrogens with two attached hydrogens (primary N) is 1. The molecule has 0 fully saturated rings. The van der Waals surface area contributed by atoms with Gasteiger partial charge in [-0.05, 0) is 41.1 Å². The molecule has 0 spiro atoms. The number of sulfonamides is 1. The number of nitrogens with one attached hydrogen (secondary N) is 1. The zero-order valence-corrected chi connectivity index (χ0v) is 10.9. The number of benzene rings is 1. The average Bonchev–Trinajstić information content (AvgIpc) is 2.21. The molecule has 1 rings (SSSR count). The molecule has 0 aliphatic rings. The second-order valence-electron chi connectivity index (χ2n) is 3.07. The lowest BCUT2D eigenvalue weighted by Crippen LogP contribution is -2.31. The van der Waals surface area contributed by atoms with E-state index in [0.29, 0.717) is 10.2 Å². The van der Waals surface area contributed by atoms with Crippen LogP contribution in [0.4, 0.5) is 5.69 Å². The van der Waals surface area contributed by atoms with Crippen LogP contribution in [0.3, 0.4) is 0 Å². The minimum Gasteiger partial charge on any atom is -0.398 e. The summed E-state index contributed by atoms with van der Waals surface area (Å²) in [4.78, 5) is 11.5. The van der Waals surface area contributed by atoms with E-state index in [2.05, 4.69) is 15.9 Å². The number of nitrogen functional groups attached to an aromatic ring is 1. The Morgan fingerprint density at radius 3 is 2.62 bits per heavy atom. The molecule has 0 aliphatic heterocycles. The van der Waals surface area contributed by atoms with Gasteiger partial charge in [0.2, 0.25) is 10.0 Å². The van der Waals surface area contributed by atoms with Crippen molar-refractivity contribution in [1.82, 2.24) is 4.72 Å². The molecule has 16 heavy (non-hydrogen) atoms. The van der Waals surface area contributed by atoms with Crippen LogP contribution in [0.2, 0.25) is 0 Å². The largest absolute Gasteiger partial charge is 0.398 e. The van der Waals surface area contributed by atoms with Crippen LogP contribution in [0.5, 0.6) is 0 Å². The highest BCUT2D eigenvalue weighted by Gasteiger charge is 2.14. The summed E-state index contributed by atoms with van der Waals surface area (Å²) in [6.45, 7) is 1.45. The monoisotopic (exact) mass is 306 g/mol. The van der Waals surface area contributed by atoms with Crippen LogP contribution >= 0.6 is 15.9 Å². The third kappa shape index (κ3) is 3.21. The van der Waals surface area contributed by atoms with Crippen molar-refractivity contribution in [2.75, 3.05) is 11.5 Å². The second-order valence-corrected chi connectivity index (χ2v) is 5.94. The summed E-state index contributed by atoms with van der Waals surface area (Å²) in [5.74, 6) is -0.808. The lowest BCUT2D eigenvalue weighted by molar-refractivity contribution is 0.0981. The van der Waals surface area contributed by atoms with E-state index < -0.39 is 15.9 Å². The first-order valence-corrected chi connectivity index (χ1v) is 6.90. The Labute approximate surface area is 102 Å². The topological polar surface area (TPSA) is 89.3 Å². The molecule has 0 radical (unpaired) electrons. The van der Waals surface area contributed by atoms with E-state index in [1.807, 2.05) is 4.72 Å². The molecule has 88 valence electrons. The number of anilines is 1. The van der Waals surface area contributed by atoms with Crippen molar-refractivity contribution in [3.05, 3.63) is 28.2 Å². The van der Waals surface area contributed by atoms with Gasteiger partial charge in [0.25, 0.3) is 5.91 Å². The van der Waals surface area contributed by atoms with Crippen molar-refractivity contribution >= 4 is 37.5 Å². The maximum absolute atomic E-state index is 11.5. The van der Waals surface area contributed by atoms with Gasteiger partial charge in [0.1, 0.15) is 0 Å². The Morgan fingerprint density at radius 2 is 2.12 bits per heavy atom. The Kier molecular flexibility index (Phi) is 3.93. The van der Waals surface area contributed by atoms with Crippen molar-refractivity contribution in [2.24, 2.45) is 0 Å². The summed E-state index contributed by atoms with van der Waals surface area (Å²) >= 11 is 3.16. The standard InChI is InChI=1S/C9H11BrN2O3S/c1-2-16(14,15)12-9(13)6-3-4-8(11)7(10)5-6/h3-5H,2,11H2,1H3,(H,12,13). The fourth-order valence-corrected chi connectivity index (χ4v) is 1.86. The minimum absolute atomic E-state index is 0.144. The number of carbonyl (C=O) groups is 1. The number of rotatable bonds is 3. The maximum atomic E-state index is 11.5. The molecule has 1 aromatic rings. The zero-order chi connectivity index (χ0) is 12.3. The molecule has 1 amide bonds. The van der Waals surface area contributed by atoms with Crippen LogP contribution in [-0.2, 0) is 10.0 Å². The first-order chi connectivity index (χ1) is 7.35.